The minimum absolute atomic E-state index is 0.387. The van der Waals surface area contributed by atoms with Crippen LogP contribution >= 0.6 is 15.9 Å². The lowest BCUT2D eigenvalue weighted by molar-refractivity contribution is 0.373. The van der Waals surface area contributed by atoms with Gasteiger partial charge in [0.15, 0.2) is 0 Å². The molecule has 2 nitrogen and oxygen atoms in total. The van der Waals surface area contributed by atoms with Crippen LogP contribution in [-0.4, -0.2) is 11.0 Å². The van der Waals surface area contributed by atoms with Gasteiger partial charge in [0.1, 0.15) is 5.82 Å². The molecule has 0 atom stereocenters. The van der Waals surface area contributed by atoms with Crippen molar-refractivity contribution in [2.24, 2.45) is 0 Å². The van der Waals surface area contributed by atoms with Gasteiger partial charge in [-0.2, -0.15) is 4.39 Å². The summed E-state index contributed by atoms with van der Waals surface area (Å²) in [4.78, 5) is 3.82. The Kier molecular flexibility index (Phi) is 3.51. The number of aromatic nitrogens is 1. The monoisotopic (exact) mass is 320 g/mol. The summed E-state index contributed by atoms with van der Waals surface area (Å²) >= 11 is 3.49. The third-order valence-electron chi connectivity index (χ3n) is 3.53. The zero-order valence-electron chi connectivity index (χ0n) is 10.3. The Bertz CT molecular complexity index is 582. The van der Waals surface area contributed by atoms with Crippen LogP contribution in [0.2, 0.25) is 0 Å². The van der Waals surface area contributed by atoms with Crippen LogP contribution in [-0.2, 0) is 0 Å². The first-order valence-corrected chi connectivity index (χ1v) is 7.14. The first-order valence-electron chi connectivity index (χ1n) is 6.35. The molecule has 0 bridgehead atoms. The van der Waals surface area contributed by atoms with E-state index < -0.39 is 5.95 Å². The number of pyridine rings is 1. The zero-order valence-corrected chi connectivity index (χ0v) is 11.9. The fourth-order valence-corrected chi connectivity index (χ4v) is 2.88. The lowest BCUT2D eigenvalue weighted by Crippen LogP contribution is -2.34. The highest BCUT2D eigenvalue weighted by atomic mass is 79.9. The Hall–Kier alpha value is -1.42. The standard InChI is InChI=1S/C15H14BrFN2/c16-12-4-1-3-10(7-12)11-8-13(9-11)18-15-6-2-5-14(17)19-15/h1-7,11,13H,8-9H2,(H,18,19). The molecule has 1 aliphatic rings. The number of hydrogen-bond donors (Lipinski definition) is 1. The molecule has 0 radical (unpaired) electrons. The van der Waals surface area contributed by atoms with Crippen LogP contribution in [0.15, 0.2) is 46.9 Å². The van der Waals surface area contributed by atoms with Crippen molar-refractivity contribution in [3.63, 3.8) is 0 Å². The molecule has 98 valence electrons. The quantitative estimate of drug-likeness (QED) is 0.851. The summed E-state index contributed by atoms with van der Waals surface area (Å²) in [5, 5.41) is 3.27. The molecule has 2 aromatic rings. The summed E-state index contributed by atoms with van der Waals surface area (Å²) in [5.74, 6) is 0.772. The molecule has 0 aliphatic heterocycles. The predicted octanol–water partition coefficient (Wildman–Crippen LogP) is 4.34. The molecule has 1 fully saturated rings. The molecule has 0 saturated heterocycles. The van der Waals surface area contributed by atoms with Crippen LogP contribution in [0.5, 0.6) is 0 Å². The Morgan fingerprint density at radius 1 is 1.16 bits per heavy atom. The number of nitrogens with zero attached hydrogens (tertiary/aromatic N) is 1. The maximum atomic E-state index is 13.0. The van der Waals surface area contributed by atoms with E-state index >= 15 is 0 Å². The summed E-state index contributed by atoms with van der Waals surface area (Å²) in [5.41, 5.74) is 1.36. The molecule has 1 aliphatic carbocycles. The van der Waals surface area contributed by atoms with Crippen molar-refractivity contribution >= 4 is 21.7 Å². The second kappa shape index (κ2) is 5.29. The van der Waals surface area contributed by atoms with E-state index in [0.29, 0.717) is 17.8 Å². The maximum absolute atomic E-state index is 13.0. The summed E-state index contributed by atoms with van der Waals surface area (Å²) in [6, 6.07) is 13.6. The van der Waals surface area contributed by atoms with E-state index in [1.54, 1.807) is 12.1 Å². The summed E-state index contributed by atoms with van der Waals surface area (Å²) < 4.78 is 14.1. The van der Waals surface area contributed by atoms with Crippen molar-refractivity contribution in [2.45, 2.75) is 24.8 Å². The minimum atomic E-state index is -0.437. The van der Waals surface area contributed by atoms with Crippen molar-refractivity contribution < 1.29 is 4.39 Å². The van der Waals surface area contributed by atoms with E-state index in [1.807, 2.05) is 6.07 Å². The van der Waals surface area contributed by atoms with E-state index in [9.17, 15) is 4.39 Å². The molecule has 0 amide bonds. The third-order valence-corrected chi connectivity index (χ3v) is 4.02. The Labute approximate surface area is 120 Å². The van der Waals surface area contributed by atoms with E-state index in [0.717, 1.165) is 17.3 Å². The fraction of sp³-hybridized carbons (Fsp3) is 0.267. The van der Waals surface area contributed by atoms with Crippen molar-refractivity contribution in [3.8, 4) is 0 Å². The molecule has 0 unspecified atom stereocenters. The number of anilines is 1. The zero-order chi connectivity index (χ0) is 13.2. The number of halogens is 2. The highest BCUT2D eigenvalue weighted by molar-refractivity contribution is 9.10. The van der Waals surface area contributed by atoms with Crippen LogP contribution < -0.4 is 5.32 Å². The molecular weight excluding hydrogens is 307 g/mol. The molecule has 4 heteroatoms. The van der Waals surface area contributed by atoms with E-state index in [-0.39, 0.29) is 0 Å². The number of hydrogen-bond acceptors (Lipinski definition) is 2. The summed E-state index contributed by atoms with van der Waals surface area (Å²) in [6.45, 7) is 0. The molecule has 1 saturated carbocycles. The van der Waals surface area contributed by atoms with Crippen molar-refractivity contribution in [3.05, 3.63) is 58.4 Å². The van der Waals surface area contributed by atoms with Crippen LogP contribution in [0.4, 0.5) is 10.2 Å². The average molecular weight is 321 g/mol. The molecule has 0 spiro atoms. The number of benzene rings is 1. The van der Waals surface area contributed by atoms with Gasteiger partial charge >= 0.3 is 0 Å². The molecule has 3 rings (SSSR count). The summed E-state index contributed by atoms with van der Waals surface area (Å²) in [7, 11) is 0. The Balaban J connectivity index is 1.58. The SMILES string of the molecule is Fc1cccc(NC2CC(c3cccc(Br)c3)C2)n1. The van der Waals surface area contributed by atoms with Gasteiger partial charge in [0.2, 0.25) is 5.95 Å². The van der Waals surface area contributed by atoms with Crippen LogP contribution in [0, 0.1) is 5.95 Å². The number of rotatable bonds is 3. The minimum Gasteiger partial charge on any atom is -0.367 e. The topological polar surface area (TPSA) is 24.9 Å². The maximum Gasteiger partial charge on any atom is 0.214 e. The van der Waals surface area contributed by atoms with Crippen LogP contribution in [0.25, 0.3) is 0 Å². The first-order chi connectivity index (χ1) is 9.20. The van der Waals surface area contributed by atoms with Gasteiger partial charge in [0.25, 0.3) is 0 Å². The van der Waals surface area contributed by atoms with E-state index in [1.165, 1.54) is 11.6 Å². The molecular formula is C15H14BrFN2. The fourth-order valence-electron chi connectivity index (χ4n) is 2.47. The summed E-state index contributed by atoms with van der Waals surface area (Å²) in [6.07, 6.45) is 2.13. The largest absolute Gasteiger partial charge is 0.367 e. The van der Waals surface area contributed by atoms with Crippen LogP contribution in [0.3, 0.4) is 0 Å². The third kappa shape index (κ3) is 2.95. The second-order valence-electron chi connectivity index (χ2n) is 4.91. The molecule has 1 N–H and O–H groups in total. The van der Waals surface area contributed by atoms with Gasteiger partial charge in [-0.1, -0.05) is 34.1 Å². The lowest BCUT2D eigenvalue weighted by Gasteiger charge is -2.36. The van der Waals surface area contributed by atoms with Gasteiger partial charge in [-0.3, -0.25) is 0 Å². The van der Waals surface area contributed by atoms with Gasteiger partial charge in [0.05, 0.1) is 0 Å². The molecule has 1 heterocycles. The number of nitrogens with one attached hydrogen (secondary N) is 1. The average Bonchev–Trinajstić information content (AvgIpc) is 2.33. The normalized spacial score (nSPS) is 21.8. The van der Waals surface area contributed by atoms with E-state index in [4.69, 9.17) is 0 Å². The highest BCUT2D eigenvalue weighted by Gasteiger charge is 2.30. The van der Waals surface area contributed by atoms with Gasteiger partial charge in [-0.05, 0) is 48.6 Å². The van der Waals surface area contributed by atoms with Crippen molar-refractivity contribution in [1.82, 2.24) is 4.98 Å². The van der Waals surface area contributed by atoms with Crippen molar-refractivity contribution in [2.75, 3.05) is 5.32 Å². The smallest absolute Gasteiger partial charge is 0.214 e. The predicted molar refractivity (Wildman–Crippen MR) is 77.7 cm³/mol. The second-order valence-corrected chi connectivity index (χ2v) is 5.83. The van der Waals surface area contributed by atoms with Gasteiger partial charge in [-0.25, -0.2) is 4.98 Å². The van der Waals surface area contributed by atoms with Gasteiger partial charge < -0.3 is 5.32 Å². The Morgan fingerprint density at radius 2 is 1.95 bits per heavy atom. The molecule has 1 aromatic carbocycles. The van der Waals surface area contributed by atoms with Crippen LogP contribution in [0.1, 0.15) is 24.3 Å². The van der Waals surface area contributed by atoms with E-state index in [2.05, 4.69) is 44.4 Å². The lowest BCUT2D eigenvalue weighted by atomic mass is 9.76. The van der Waals surface area contributed by atoms with Gasteiger partial charge in [-0.15, -0.1) is 0 Å². The van der Waals surface area contributed by atoms with Crippen molar-refractivity contribution in [1.29, 1.82) is 0 Å². The molecule has 1 aromatic heterocycles. The highest BCUT2D eigenvalue weighted by Crippen LogP contribution is 2.38. The van der Waals surface area contributed by atoms with Gasteiger partial charge in [0, 0.05) is 10.5 Å². The molecule has 19 heavy (non-hydrogen) atoms. The first kappa shape index (κ1) is 12.6. The Morgan fingerprint density at radius 3 is 2.68 bits per heavy atom.